The monoisotopic (exact) mass is 428 g/mol. The van der Waals surface area contributed by atoms with E-state index in [-0.39, 0.29) is 23.6 Å². The number of rotatable bonds is 5. The van der Waals surface area contributed by atoms with Crippen LogP contribution in [0.15, 0.2) is 54.6 Å². The first kappa shape index (κ1) is 20.7. The molecule has 2 aromatic rings. The molecule has 2 amide bonds. The minimum absolute atomic E-state index is 0.0938. The van der Waals surface area contributed by atoms with Crippen LogP contribution in [0.2, 0.25) is 0 Å². The molecule has 5 heteroatoms. The molecule has 3 aliphatic heterocycles. The molecule has 0 unspecified atom stereocenters. The number of anilines is 1. The number of unbranched alkanes of at least 4 members (excludes halogenated alkanes) is 1. The smallest absolute Gasteiger partial charge is 0.235 e. The van der Waals surface area contributed by atoms with Crippen molar-refractivity contribution in [1.29, 1.82) is 0 Å². The molecule has 5 rings (SSSR count). The minimum atomic E-state index is -0.693. The van der Waals surface area contributed by atoms with Gasteiger partial charge in [-0.15, -0.1) is 0 Å². The Bertz CT molecular complexity index is 1130. The number of nitrogens with zero attached hydrogens (tertiary/aromatic N) is 2. The van der Waals surface area contributed by atoms with Gasteiger partial charge in [0.25, 0.3) is 0 Å². The van der Waals surface area contributed by atoms with Crippen molar-refractivity contribution in [2.75, 3.05) is 11.4 Å². The zero-order chi connectivity index (χ0) is 22.6. The predicted molar refractivity (Wildman–Crippen MR) is 124 cm³/mol. The van der Waals surface area contributed by atoms with Crippen LogP contribution in [0, 0.1) is 18.8 Å². The summed E-state index contributed by atoms with van der Waals surface area (Å²) in [5.41, 5.74) is 4.71. The van der Waals surface area contributed by atoms with Gasteiger partial charge in [-0.2, -0.15) is 0 Å². The first-order valence-corrected chi connectivity index (χ1v) is 11.5. The number of benzene rings is 2. The molecule has 3 aliphatic rings. The molecule has 2 aromatic carbocycles. The summed E-state index contributed by atoms with van der Waals surface area (Å²) >= 11 is 0. The third-order valence-electron chi connectivity index (χ3n) is 7.19. The second-order valence-electron chi connectivity index (χ2n) is 9.17. The molecule has 2 saturated heterocycles. The van der Waals surface area contributed by atoms with Crippen LogP contribution in [0.25, 0.3) is 5.57 Å². The second kappa shape index (κ2) is 7.73. The molecule has 5 nitrogen and oxygen atoms in total. The lowest BCUT2D eigenvalue weighted by molar-refractivity contribution is -0.140. The number of carbonyl (C=O) groups excluding carboxylic acids is 3. The van der Waals surface area contributed by atoms with Crippen molar-refractivity contribution in [3.8, 4) is 0 Å². The Morgan fingerprint density at radius 3 is 2.34 bits per heavy atom. The summed E-state index contributed by atoms with van der Waals surface area (Å²) in [6.45, 7) is 6.49. The number of hydrogen-bond acceptors (Lipinski definition) is 4. The molecule has 164 valence electrons. The fraction of sp³-hybridized carbons (Fsp3) is 0.370. The zero-order valence-corrected chi connectivity index (χ0v) is 18.7. The van der Waals surface area contributed by atoms with E-state index in [0.717, 1.165) is 35.2 Å². The second-order valence-corrected chi connectivity index (χ2v) is 9.17. The normalized spacial score (nSPS) is 26.0. The highest BCUT2D eigenvalue weighted by molar-refractivity contribution is 6.14. The summed E-state index contributed by atoms with van der Waals surface area (Å²) in [5.74, 6) is -1.61. The van der Waals surface area contributed by atoms with Crippen molar-refractivity contribution >= 4 is 28.9 Å². The van der Waals surface area contributed by atoms with Gasteiger partial charge in [-0.1, -0.05) is 67.4 Å². The molecule has 32 heavy (non-hydrogen) atoms. The summed E-state index contributed by atoms with van der Waals surface area (Å²) in [5, 5.41) is 0. The molecule has 0 aromatic heterocycles. The van der Waals surface area contributed by atoms with Crippen molar-refractivity contribution in [3.63, 3.8) is 0 Å². The van der Waals surface area contributed by atoms with Gasteiger partial charge in [0.05, 0.1) is 17.9 Å². The molecule has 0 saturated carbocycles. The Morgan fingerprint density at radius 2 is 1.62 bits per heavy atom. The van der Waals surface area contributed by atoms with Crippen molar-refractivity contribution < 1.29 is 14.4 Å². The van der Waals surface area contributed by atoms with Gasteiger partial charge in [0.1, 0.15) is 6.04 Å². The van der Waals surface area contributed by atoms with Crippen LogP contribution in [-0.4, -0.2) is 41.1 Å². The van der Waals surface area contributed by atoms with Crippen LogP contribution >= 0.6 is 0 Å². The third-order valence-corrected chi connectivity index (χ3v) is 7.19. The molecule has 0 spiro atoms. The molecule has 0 N–H and O–H groups in total. The molecule has 0 bridgehead atoms. The number of imide groups is 1. The van der Waals surface area contributed by atoms with Gasteiger partial charge >= 0.3 is 0 Å². The SMILES string of the molecule is CCCCN1C(=O)[C@H]2[C@H](C1=O)[C@H](C(=O)c1ccc(C)cc1)N1c3ccccc3C(C)=C[C@H]21. The van der Waals surface area contributed by atoms with E-state index >= 15 is 0 Å². The van der Waals surface area contributed by atoms with Crippen LogP contribution in [0.4, 0.5) is 5.69 Å². The quantitative estimate of drug-likeness (QED) is 0.528. The van der Waals surface area contributed by atoms with Gasteiger partial charge in [-0.3, -0.25) is 19.3 Å². The van der Waals surface area contributed by atoms with Gasteiger partial charge in [0, 0.05) is 23.4 Å². The van der Waals surface area contributed by atoms with Gasteiger partial charge in [0.2, 0.25) is 11.8 Å². The van der Waals surface area contributed by atoms with Crippen molar-refractivity contribution in [3.05, 3.63) is 71.3 Å². The molecule has 3 heterocycles. The van der Waals surface area contributed by atoms with E-state index in [1.807, 2.05) is 74.2 Å². The van der Waals surface area contributed by atoms with Crippen molar-refractivity contribution in [2.24, 2.45) is 11.8 Å². The van der Waals surface area contributed by atoms with Crippen LogP contribution in [0.3, 0.4) is 0 Å². The highest BCUT2D eigenvalue weighted by atomic mass is 16.2. The third kappa shape index (κ3) is 2.94. The van der Waals surface area contributed by atoms with E-state index < -0.39 is 17.9 Å². The van der Waals surface area contributed by atoms with Gasteiger partial charge < -0.3 is 4.90 Å². The van der Waals surface area contributed by atoms with Crippen molar-refractivity contribution in [2.45, 2.75) is 45.7 Å². The molecule has 0 radical (unpaired) electrons. The first-order chi connectivity index (χ1) is 15.4. The number of hydrogen-bond donors (Lipinski definition) is 0. The summed E-state index contributed by atoms with van der Waals surface area (Å²) < 4.78 is 0. The molecular formula is C27H28N2O3. The highest BCUT2D eigenvalue weighted by Crippen LogP contribution is 2.50. The number of ketones is 1. The van der Waals surface area contributed by atoms with E-state index in [1.54, 1.807) is 0 Å². The highest BCUT2D eigenvalue weighted by Gasteiger charge is 2.64. The predicted octanol–water partition coefficient (Wildman–Crippen LogP) is 4.25. The number of amides is 2. The maximum absolute atomic E-state index is 13.9. The Balaban J connectivity index is 1.64. The van der Waals surface area contributed by atoms with Gasteiger partial charge in [-0.05, 0) is 31.9 Å². The van der Waals surface area contributed by atoms with Crippen LogP contribution in [-0.2, 0) is 9.59 Å². The number of para-hydroxylation sites is 1. The first-order valence-electron chi connectivity index (χ1n) is 11.5. The van der Waals surface area contributed by atoms with E-state index in [4.69, 9.17) is 0 Å². The average molecular weight is 429 g/mol. The van der Waals surface area contributed by atoms with Gasteiger partial charge in [0.15, 0.2) is 5.78 Å². The van der Waals surface area contributed by atoms with E-state index in [9.17, 15) is 14.4 Å². The topological polar surface area (TPSA) is 57.7 Å². The van der Waals surface area contributed by atoms with Crippen LogP contribution in [0.5, 0.6) is 0 Å². The van der Waals surface area contributed by atoms with E-state index in [0.29, 0.717) is 12.1 Å². The Hall–Kier alpha value is -3.21. The number of allylic oxidation sites excluding steroid dienone is 1. The van der Waals surface area contributed by atoms with Gasteiger partial charge in [-0.25, -0.2) is 0 Å². The summed E-state index contributed by atoms with van der Waals surface area (Å²) in [7, 11) is 0. The maximum Gasteiger partial charge on any atom is 0.235 e. The summed E-state index contributed by atoms with van der Waals surface area (Å²) in [6.07, 6.45) is 3.76. The van der Waals surface area contributed by atoms with Crippen molar-refractivity contribution in [1.82, 2.24) is 4.90 Å². The number of Topliss-reactive ketones (excluding diaryl/α,β-unsaturated/α-hetero) is 1. The van der Waals surface area contributed by atoms with E-state index in [2.05, 4.69) is 6.08 Å². The Morgan fingerprint density at radius 1 is 0.938 bits per heavy atom. The lowest BCUT2D eigenvalue weighted by Gasteiger charge is -2.38. The Kier molecular flexibility index (Phi) is 5.00. The number of carbonyl (C=O) groups is 3. The molecule has 0 aliphatic carbocycles. The fourth-order valence-corrected chi connectivity index (χ4v) is 5.58. The average Bonchev–Trinajstić information content (AvgIpc) is 3.25. The fourth-order valence-electron chi connectivity index (χ4n) is 5.58. The van der Waals surface area contributed by atoms with Crippen LogP contribution in [0.1, 0.15) is 48.2 Å². The van der Waals surface area contributed by atoms with Crippen LogP contribution < -0.4 is 4.90 Å². The minimum Gasteiger partial charge on any atom is -0.352 e. The Labute approximate surface area is 188 Å². The molecular weight excluding hydrogens is 400 g/mol. The molecule has 4 atom stereocenters. The maximum atomic E-state index is 13.9. The number of fused-ring (bicyclic) bond motifs is 5. The lowest BCUT2D eigenvalue weighted by Crippen LogP contribution is -2.49. The standard InChI is InChI=1S/C27H28N2O3/c1-4-5-14-28-26(31)22-21-15-17(3)19-8-6-7-9-20(19)29(21)24(23(22)27(28)32)25(30)18-12-10-16(2)11-13-18/h6-13,15,21-24H,4-5,14H2,1-3H3/t21-,22-,23+,24-/m1/s1. The summed E-state index contributed by atoms with van der Waals surface area (Å²) in [4.78, 5) is 44.3. The lowest BCUT2D eigenvalue weighted by atomic mass is 9.85. The van der Waals surface area contributed by atoms with E-state index in [1.165, 1.54) is 4.90 Å². The molecule has 2 fully saturated rings. The largest absolute Gasteiger partial charge is 0.352 e. The summed E-state index contributed by atoms with van der Waals surface area (Å²) in [6, 6.07) is 14.5. The zero-order valence-electron chi connectivity index (χ0n) is 18.7. The number of likely N-dealkylation sites (tertiary alicyclic amines) is 1. The number of aryl methyl sites for hydroxylation is 1.